The number of rotatable bonds is 6. The molecule has 1 aromatic rings. The monoisotopic (exact) mass is 406 g/mol. The van der Waals surface area contributed by atoms with E-state index in [-0.39, 0.29) is 28.6 Å². The van der Waals surface area contributed by atoms with Gasteiger partial charge in [-0.1, -0.05) is 11.6 Å². The van der Waals surface area contributed by atoms with Gasteiger partial charge in [0.05, 0.1) is 22.0 Å². The highest BCUT2D eigenvalue weighted by Crippen LogP contribution is 2.22. The van der Waals surface area contributed by atoms with Crippen molar-refractivity contribution in [1.29, 1.82) is 0 Å². The van der Waals surface area contributed by atoms with Crippen molar-refractivity contribution in [3.63, 3.8) is 0 Å². The summed E-state index contributed by atoms with van der Waals surface area (Å²) in [5, 5.41) is 2.50. The van der Waals surface area contributed by atoms with E-state index in [9.17, 15) is 18.0 Å². The van der Waals surface area contributed by atoms with Crippen LogP contribution in [-0.2, 0) is 19.5 Å². The van der Waals surface area contributed by atoms with Gasteiger partial charge in [-0.3, -0.25) is 0 Å². The van der Waals surface area contributed by atoms with Crippen LogP contribution in [0, 0.1) is 0 Å². The van der Waals surface area contributed by atoms with Crippen LogP contribution in [0.5, 0.6) is 0 Å². The number of hydrogen-bond donors (Lipinski definition) is 1. The van der Waals surface area contributed by atoms with Crippen LogP contribution < -0.4 is 5.32 Å². The number of halogens is 1. The van der Waals surface area contributed by atoms with Crippen LogP contribution in [0.4, 0.5) is 4.79 Å². The summed E-state index contributed by atoms with van der Waals surface area (Å²) in [6.45, 7) is 5.09. The lowest BCUT2D eigenvalue weighted by atomic mass is 10.2. The van der Waals surface area contributed by atoms with Crippen molar-refractivity contribution in [1.82, 2.24) is 9.62 Å². The minimum Gasteiger partial charge on any atom is -0.460 e. The summed E-state index contributed by atoms with van der Waals surface area (Å²) in [4.78, 5) is 23.5. The van der Waals surface area contributed by atoms with E-state index in [1.54, 1.807) is 20.8 Å². The lowest BCUT2D eigenvalue weighted by Gasteiger charge is -2.19. The molecule has 0 spiro atoms. The molecule has 0 unspecified atom stereocenters. The fraction of sp³-hybridized carbons (Fsp3) is 0.500. The number of amides is 1. The lowest BCUT2D eigenvalue weighted by molar-refractivity contribution is 0.0433. The Labute approximate surface area is 158 Å². The van der Waals surface area contributed by atoms with Gasteiger partial charge >= 0.3 is 12.1 Å². The third kappa shape index (κ3) is 6.47. The quantitative estimate of drug-likeness (QED) is 0.574. The molecule has 0 bridgehead atoms. The van der Waals surface area contributed by atoms with Gasteiger partial charge in [-0.25, -0.2) is 22.3 Å². The number of benzene rings is 1. The molecule has 0 aromatic heterocycles. The Morgan fingerprint density at radius 3 is 2.38 bits per heavy atom. The van der Waals surface area contributed by atoms with Crippen molar-refractivity contribution >= 4 is 33.7 Å². The van der Waals surface area contributed by atoms with Crippen molar-refractivity contribution in [2.45, 2.75) is 31.3 Å². The van der Waals surface area contributed by atoms with Crippen LogP contribution in [0.2, 0.25) is 5.02 Å². The van der Waals surface area contributed by atoms with E-state index < -0.39 is 27.7 Å². The minimum absolute atomic E-state index is 0.0357. The Morgan fingerprint density at radius 2 is 1.85 bits per heavy atom. The molecule has 1 rings (SSSR count). The molecular formula is C16H23ClN2O6S. The summed E-state index contributed by atoms with van der Waals surface area (Å²) in [5.41, 5.74) is -0.709. The van der Waals surface area contributed by atoms with Gasteiger partial charge in [0.25, 0.3) is 0 Å². The number of carbonyl (C=O) groups is 2. The predicted molar refractivity (Wildman–Crippen MR) is 96.8 cm³/mol. The molecule has 26 heavy (non-hydrogen) atoms. The van der Waals surface area contributed by atoms with E-state index in [4.69, 9.17) is 21.1 Å². The fourth-order valence-corrected chi connectivity index (χ4v) is 2.84. The first-order chi connectivity index (χ1) is 11.8. The van der Waals surface area contributed by atoms with Crippen LogP contribution in [0.1, 0.15) is 31.1 Å². The summed E-state index contributed by atoms with van der Waals surface area (Å²) < 4.78 is 35.4. The van der Waals surface area contributed by atoms with Gasteiger partial charge in [-0.15, -0.1) is 0 Å². The first-order valence-electron chi connectivity index (χ1n) is 7.70. The van der Waals surface area contributed by atoms with Gasteiger partial charge in [0, 0.05) is 14.1 Å². The Bertz CT molecular complexity index is 771. The number of esters is 1. The van der Waals surface area contributed by atoms with Gasteiger partial charge in [0.1, 0.15) is 12.2 Å². The number of ether oxygens (including phenoxy) is 2. The zero-order chi connectivity index (χ0) is 20.1. The van der Waals surface area contributed by atoms with Crippen LogP contribution in [-0.4, -0.2) is 57.6 Å². The van der Waals surface area contributed by atoms with Crippen molar-refractivity contribution in [3.05, 3.63) is 28.8 Å². The zero-order valence-electron chi connectivity index (χ0n) is 15.3. The molecule has 1 amide bonds. The normalized spacial score (nSPS) is 12.0. The third-order valence-corrected chi connectivity index (χ3v) is 5.08. The Balaban J connectivity index is 2.70. The molecule has 0 aliphatic carbocycles. The number of sulfonamides is 1. The van der Waals surface area contributed by atoms with Gasteiger partial charge in [0.2, 0.25) is 10.0 Å². The topological polar surface area (TPSA) is 102 Å². The summed E-state index contributed by atoms with van der Waals surface area (Å²) in [6, 6.07) is 3.77. The molecule has 1 N–H and O–H groups in total. The predicted octanol–water partition coefficient (Wildman–Crippen LogP) is 2.27. The smallest absolute Gasteiger partial charge is 0.407 e. The lowest BCUT2D eigenvalue weighted by Crippen LogP contribution is -2.34. The molecule has 0 aliphatic heterocycles. The van der Waals surface area contributed by atoms with Crippen molar-refractivity contribution in [2.75, 3.05) is 27.2 Å². The minimum atomic E-state index is -3.71. The Hall–Kier alpha value is -1.84. The molecular weight excluding hydrogens is 384 g/mol. The molecule has 0 saturated carbocycles. The largest absolute Gasteiger partial charge is 0.460 e. The van der Waals surface area contributed by atoms with Crippen LogP contribution in [0.25, 0.3) is 0 Å². The maximum absolute atomic E-state index is 12.1. The summed E-state index contributed by atoms with van der Waals surface area (Å²) in [5.74, 6) is -0.795. The molecule has 0 aliphatic rings. The molecule has 10 heteroatoms. The highest BCUT2D eigenvalue weighted by atomic mass is 35.5. The van der Waals surface area contributed by atoms with Crippen LogP contribution in [0.15, 0.2) is 23.1 Å². The fourth-order valence-electron chi connectivity index (χ4n) is 1.72. The summed E-state index contributed by atoms with van der Waals surface area (Å²) in [7, 11) is -0.952. The van der Waals surface area contributed by atoms with E-state index in [2.05, 4.69) is 5.32 Å². The van der Waals surface area contributed by atoms with E-state index in [0.717, 1.165) is 10.4 Å². The maximum Gasteiger partial charge on any atom is 0.407 e. The molecule has 146 valence electrons. The van der Waals surface area contributed by atoms with Crippen LogP contribution in [0.3, 0.4) is 0 Å². The molecule has 8 nitrogen and oxygen atoms in total. The van der Waals surface area contributed by atoms with E-state index >= 15 is 0 Å². The standard InChI is InChI=1S/C16H23ClN2O6S/c1-16(2,3)25-15(21)18-8-9-24-14(20)12-10-11(6-7-13(12)17)26(22,23)19(4)5/h6-7,10H,8-9H2,1-5H3,(H,18,21). The zero-order valence-corrected chi connectivity index (χ0v) is 16.9. The van der Waals surface area contributed by atoms with Crippen molar-refractivity contribution in [2.24, 2.45) is 0 Å². The molecule has 0 atom stereocenters. The Morgan fingerprint density at radius 1 is 1.23 bits per heavy atom. The average molecular weight is 407 g/mol. The third-order valence-electron chi connectivity index (χ3n) is 2.94. The SMILES string of the molecule is CN(C)S(=O)(=O)c1ccc(Cl)c(C(=O)OCCNC(=O)OC(C)(C)C)c1. The molecule has 0 heterocycles. The second-order valence-corrected chi connectivity index (χ2v) is 9.05. The molecule has 0 radical (unpaired) electrons. The van der Waals surface area contributed by atoms with E-state index in [0.29, 0.717) is 0 Å². The van der Waals surface area contributed by atoms with Crippen LogP contribution >= 0.6 is 11.6 Å². The number of nitrogens with zero attached hydrogens (tertiary/aromatic N) is 1. The summed E-state index contributed by atoms with van der Waals surface area (Å²) in [6.07, 6.45) is -0.634. The Kier molecular flexibility index (Phi) is 7.43. The molecule has 1 aromatic carbocycles. The van der Waals surface area contributed by atoms with Gasteiger partial charge in [0.15, 0.2) is 0 Å². The van der Waals surface area contributed by atoms with Crippen molar-refractivity contribution in [3.8, 4) is 0 Å². The van der Waals surface area contributed by atoms with E-state index in [1.165, 1.54) is 26.2 Å². The number of nitrogens with one attached hydrogen (secondary N) is 1. The number of carbonyl (C=O) groups excluding carboxylic acids is 2. The van der Waals surface area contributed by atoms with Gasteiger partial charge in [-0.05, 0) is 39.0 Å². The highest BCUT2D eigenvalue weighted by molar-refractivity contribution is 7.89. The second kappa shape index (κ2) is 8.70. The first-order valence-corrected chi connectivity index (χ1v) is 9.52. The maximum atomic E-state index is 12.1. The number of hydrogen-bond acceptors (Lipinski definition) is 6. The van der Waals surface area contributed by atoms with Gasteiger partial charge in [-0.2, -0.15) is 0 Å². The second-order valence-electron chi connectivity index (χ2n) is 6.49. The number of alkyl carbamates (subject to hydrolysis) is 1. The molecule has 0 fully saturated rings. The van der Waals surface area contributed by atoms with E-state index in [1.807, 2.05) is 0 Å². The van der Waals surface area contributed by atoms with Crippen molar-refractivity contribution < 1.29 is 27.5 Å². The highest BCUT2D eigenvalue weighted by Gasteiger charge is 2.21. The first kappa shape index (κ1) is 22.2. The molecule has 0 saturated heterocycles. The summed E-state index contributed by atoms with van der Waals surface area (Å²) >= 11 is 5.96. The van der Waals surface area contributed by atoms with Gasteiger partial charge < -0.3 is 14.8 Å². The average Bonchev–Trinajstić information content (AvgIpc) is 2.49.